The number of ether oxygens (including phenoxy) is 1. The second-order valence-electron chi connectivity index (χ2n) is 5.63. The van der Waals surface area contributed by atoms with E-state index in [9.17, 15) is 14.7 Å². The fraction of sp³-hybridized carbons (Fsp3) is 0.467. The highest BCUT2D eigenvalue weighted by molar-refractivity contribution is 9.10. The summed E-state index contributed by atoms with van der Waals surface area (Å²) in [5, 5.41) is 12.2. The molecule has 0 bridgehead atoms. The third kappa shape index (κ3) is 2.52. The first kappa shape index (κ1) is 14.4. The van der Waals surface area contributed by atoms with Gasteiger partial charge < -0.3 is 15.2 Å². The number of nitrogens with one attached hydrogen (secondary N) is 1. The number of carbonyl (C=O) groups excluding carboxylic acids is 1. The third-order valence-corrected chi connectivity index (χ3v) is 4.79. The van der Waals surface area contributed by atoms with Crippen molar-refractivity contribution in [3.05, 3.63) is 28.2 Å². The Morgan fingerprint density at radius 2 is 2.05 bits per heavy atom. The molecule has 5 nitrogen and oxygen atoms in total. The molecule has 0 spiro atoms. The summed E-state index contributed by atoms with van der Waals surface area (Å²) < 4.78 is 6.39. The molecule has 3 rings (SSSR count). The lowest BCUT2D eigenvalue weighted by Gasteiger charge is -2.26. The van der Waals surface area contributed by atoms with Gasteiger partial charge in [0.05, 0.1) is 0 Å². The van der Waals surface area contributed by atoms with Crippen LogP contribution in [0.15, 0.2) is 22.7 Å². The standard InChI is InChI=1S/C15H16BrNO4/c16-9-3-4-12-10(7-9)11(8-21-12)13(18)17-15(14(19)20)5-1-2-6-15/h3-4,7,11H,1-2,5-6,8H2,(H,17,18)(H,19,20). The monoisotopic (exact) mass is 353 g/mol. The van der Waals surface area contributed by atoms with Gasteiger partial charge in [0, 0.05) is 10.0 Å². The predicted molar refractivity (Wildman–Crippen MR) is 79.4 cm³/mol. The van der Waals surface area contributed by atoms with Crippen LogP contribution in [0.5, 0.6) is 5.75 Å². The Labute approximate surface area is 130 Å². The first-order valence-electron chi connectivity index (χ1n) is 6.99. The van der Waals surface area contributed by atoms with Crippen LogP contribution in [0, 0.1) is 0 Å². The average Bonchev–Trinajstić information content (AvgIpc) is 3.05. The molecule has 1 aromatic carbocycles. The van der Waals surface area contributed by atoms with Crippen molar-refractivity contribution in [2.24, 2.45) is 0 Å². The van der Waals surface area contributed by atoms with E-state index >= 15 is 0 Å². The number of aliphatic carboxylic acids is 1. The van der Waals surface area contributed by atoms with Gasteiger partial charge >= 0.3 is 5.97 Å². The Kier molecular flexibility index (Phi) is 3.65. The molecule has 1 unspecified atom stereocenters. The minimum atomic E-state index is -1.11. The average molecular weight is 354 g/mol. The zero-order chi connectivity index (χ0) is 15.0. The summed E-state index contributed by atoms with van der Waals surface area (Å²) in [5.74, 6) is -0.971. The number of benzene rings is 1. The van der Waals surface area contributed by atoms with Crippen molar-refractivity contribution in [3.63, 3.8) is 0 Å². The summed E-state index contributed by atoms with van der Waals surface area (Å²) in [4.78, 5) is 24.0. The maximum Gasteiger partial charge on any atom is 0.329 e. The van der Waals surface area contributed by atoms with E-state index in [0.717, 1.165) is 22.9 Å². The molecule has 1 fully saturated rings. The van der Waals surface area contributed by atoms with Crippen LogP contribution >= 0.6 is 15.9 Å². The van der Waals surface area contributed by atoms with Crippen LogP contribution in [0.2, 0.25) is 0 Å². The van der Waals surface area contributed by atoms with Crippen molar-refractivity contribution in [2.45, 2.75) is 37.1 Å². The quantitative estimate of drug-likeness (QED) is 0.874. The zero-order valence-corrected chi connectivity index (χ0v) is 13.0. The Hall–Kier alpha value is -1.56. The highest BCUT2D eigenvalue weighted by atomic mass is 79.9. The Balaban J connectivity index is 1.81. The van der Waals surface area contributed by atoms with Crippen molar-refractivity contribution >= 4 is 27.8 Å². The Bertz CT molecular complexity index is 595. The molecular formula is C15H16BrNO4. The van der Waals surface area contributed by atoms with Crippen LogP contribution in [-0.4, -0.2) is 29.1 Å². The molecule has 1 aliphatic carbocycles. The maximum absolute atomic E-state index is 12.5. The molecule has 1 aromatic rings. The van der Waals surface area contributed by atoms with Crippen molar-refractivity contribution < 1.29 is 19.4 Å². The molecule has 2 aliphatic rings. The third-order valence-electron chi connectivity index (χ3n) is 4.30. The van der Waals surface area contributed by atoms with Crippen LogP contribution in [0.1, 0.15) is 37.2 Å². The molecule has 0 saturated heterocycles. The second kappa shape index (κ2) is 5.33. The molecular weight excluding hydrogens is 338 g/mol. The normalized spacial score (nSPS) is 22.4. The van der Waals surface area contributed by atoms with E-state index in [-0.39, 0.29) is 12.5 Å². The van der Waals surface area contributed by atoms with Gasteiger partial charge in [-0.05, 0) is 31.0 Å². The number of fused-ring (bicyclic) bond motifs is 1. The largest absolute Gasteiger partial charge is 0.492 e. The van der Waals surface area contributed by atoms with Gasteiger partial charge in [0.2, 0.25) is 5.91 Å². The van der Waals surface area contributed by atoms with Crippen molar-refractivity contribution in [3.8, 4) is 5.75 Å². The molecule has 0 radical (unpaired) electrons. The number of rotatable bonds is 3. The fourth-order valence-electron chi connectivity index (χ4n) is 3.10. The van der Waals surface area contributed by atoms with Crippen LogP contribution in [0.3, 0.4) is 0 Å². The summed E-state index contributed by atoms with van der Waals surface area (Å²) in [5.41, 5.74) is -0.299. The number of amides is 1. The molecule has 1 saturated carbocycles. The second-order valence-corrected chi connectivity index (χ2v) is 6.55. The van der Waals surface area contributed by atoms with Crippen molar-refractivity contribution in [1.29, 1.82) is 0 Å². The van der Waals surface area contributed by atoms with E-state index in [0.29, 0.717) is 18.6 Å². The topological polar surface area (TPSA) is 75.6 Å². The maximum atomic E-state index is 12.5. The highest BCUT2D eigenvalue weighted by Gasteiger charge is 2.44. The number of halogens is 1. The lowest BCUT2D eigenvalue weighted by molar-refractivity contribution is -0.147. The number of hydrogen-bond donors (Lipinski definition) is 2. The molecule has 1 aliphatic heterocycles. The van der Waals surface area contributed by atoms with E-state index < -0.39 is 17.4 Å². The summed E-state index contributed by atoms with van der Waals surface area (Å²) in [7, 11) is 0. The summed E-state index contributed by atoms with van der Waals surface area (Å²) in [6, 6.07) is 5.53. The number of carbonyl (C=O) groups is 2. The first-order chi connectivity index (χ1) is 10.0. The van der Waals surface area contributed by atoms with Crippen molar-refractivity contribution in [2.75, 3.05) is 6.61 Å². The van der Waals surface area contributed by atoms with Crippen LogP contribution < -0.4 is 10.1 Å². The van der Waals surface area contributed by atoms with E-state index in [1.807, 2.05) is 18.2 Å². The first-order valence-corrected chi connectivity index (χ1v) is 7.79. The summed E-state index contributed by atoms with van der Waals surface area (Å²) >= 11 is 3.38. The van der Waals surface area contributed by atoms with E-state index in [1.165, 1.54) is 0 Å². The van der Waals surface area contributed by atoms with Gasteiger partial charge in [0.25, 0.3) is 0 Å². The van der Waals surface area contributed by atoms with Gasteiger partial charge in [-0.25, -0.2) is 4.79 Å². The lowest BCUT2D eigenvalue weighted by Crippen LogP contribution is -2.53. The molecule has 1 amide bonds. The fourth-order valence-corrected chi connectivity index (χ4v) is 3.48. The number of hydrogen-bond acceptors (Lipinski definition) is 3. The highest BCUT2D eigenvalue weighted by Crippen LogP contribution is 2.37. The van der Waals surface area contributed by atoms with E-state index in [2.05, 4.69) is 21.2 Å². The predicted octanol–water partition coefficient (Wildman–Crippen LogP) is 2.44. The van der Waals surface area contributed by atoms with Crippen LogP contribution in [0.4, 0.5) is 0 Å². The summed E-state index contributed by atoms with van der Waals surface area (Å²) in [6.07, 6.45) is 2.64. The molecule has 2 N–H and O–H groups in total. The Morgan fingerprint density at radius 1 is 1.33 bits per heavy atom. The number of carboxylic acid groups (broad SMARTS) is 1. The smallest absolute Gasteiger partial charge is 0.329 e. The zero-order valence-electron chi connectivity index (χ0n) is 11.4. The van der Waals surface area contributed by atoms with E-state index in [1.54, 1.807) is 0 Å². The molecule has 112 valence electrons. The minimum absolute atomic E-state index is 0.257. The lowest BCUT2D eigenvalue weighted by atomic mass is 9.94. The Morgan fingerprint density at radius 3 is 2.71 bits per heavy atom. The van der Waals surface area contributed by atoms with E-state index in [4.69, 9.17) is 4.74 Å². The van der Waals surface area contributed by atoms with Gasteiger partial charge in [0.15, 0.2) is 0 Å². The summed E-state index contributed by atoms with van der Waals surface area (Å²) in [6.45, 7) is 0.257. The molecule has 21 heavy (non-hydrogen) atoms. The molecule has 1 heterocycles. The molecule has 6 heteroatoms. The van der Waals surface area contributed by atoms with Crippen LogP contribution in [0.25, 0.3) is 0 Å². The van der Waals surface area contributed by atoms with Gasteiger partial charge in [0.1, 0.15) is 23.8 Å². The van der Waals surface area contributed by atoms with Gasteiger partial charge in [-0.1, -0.05) is 28.8 Å². The minimum Gasteiger partial charge on any atom is -0.492 e. The van der Waals surface area contributed by atoms with Gasteiger partial charge in [-0.2, -0.15) is 0 Å². The molecule has 1 atom stereocenters. The molecule has 0 aromatic heterocycles. The van der Waals surface area contributed by atoms with Crippen molar-refractivity contribution in [1.82, 2.24) is 5.32 Å². The van der Waals surface area contributed by atoms with Crippen LogP contribution in [-0.2, 0) is 9.59 Å². The number of carboxylic acids is 1. The van der Waals surface area contributed by atoms with Gasteiger partial charge in [-0.3, -0.25) is 4.79 Å². The SMILES string of the molecule is O=C(NC1(C(=O)O)CCCC1)C1COc2ccc(Br)cc21. The van der Waals surface area contributed by atoms with Gasteiger partial charge in [-0.15, -0.1) is 0 Å².